The molecule has 2 fully saturated rings. The molecule has 2 atom stereocenters. The number of amides is 1. The minimum absolute atomic E-state index is 0.000177. The normalized spacial score (nSPS) is 20.5. The molecular weight excluding hydrogens is 634 g/mol. The van der Waals surface area contributed by atoms with Gasteiger partial charge in [-0.25, -0.2) is 4.79 Å². The Labute approximate surface area is 278 Å². The van der Waals surface area contributed by atoms with E-state index in [9.17, 15) is 35.9 Å². The highest BCUT2D eigenvalue weighted by Gasteiger charge is 2.40. The van der Waals surface area contributed by atoms with Gasteiger partial charge in [0, 0.05) is 30.8 Å². The fourth-order valence-corrected chi connectivity index (χ4v) is 7.48. The van der Waals surface area contributed by atoms with Gasteiger partial charge in [0.05, 0.1) is 11.1 Å². The Kier molecular flexibility index (Phi) is 10.4. The smallest absolute Gasteiger partial charge is 0.416 e. The number of carbonyl (C=O) groups is 2. The molecule has 3 aliphatic rings. The van der Waals surface area contributed by atoms with Crippen LogP contribution in [0.5, 0.6) is 0 Å². The van der Waals surface area contributed by atoms with Crippen molar-refractivity contribution in [2.24, 2.45) is 11.8 Å². The van der Waals surface area contributed by atoms with Gasteiger partial charge in [0.2, 0.25) is 0 Å². The van der Waals surface area contributed by atoms with E-state index in [-0.39, 0.29) is 41.6 Å². The largest absolute Gasteiger partial charge is 0.444 e. The Balaban J connectivity index is 1.29. The number of hydrogen-bond donors (Lipinski definition) is 0. The summed E-state index contributed by atoms with van der Waals surface area (Å²) in [7, 11) is 0. The summed E-state index contributed by atoms with van der Waals surface area (Å²) in [6.07, 6.45) is -2.64. The highest BCUT2D eigenvalue weighted by atomic mass is 19.4. The van der Waals surface area contributed by atoms with Crippen molar-refractivity contribution in [2.75, 3.05) is 32.7 Å². The van der Waals surface area contributed by atoms with Gasteiger partial charge in [0.1, 0.15) is 11.4 Å². The Morgan fingerprint density at radius 1 is 0.938 bits per heavy atom. The van der Waals surface area contributed by atoms with Crippen molar-refractivity contribution in [3.8, 4) is 0 Å². The van der Waals surface area contributed by atoms with Crippen molar-refractivity contribution >= 4 is 18.0 Å². The Bertz CT molecular complexity index is 1470. The molecule has 0 bridgehead atoms. The molecule has 2 heterocycles. The van der Waals surface area contributed by atoms with E-state index >= 15 is 0 Å². The molecule has 11 heteroatoms. The lowest BCUT2D eigenvalue weighted by molar-refractivity contribution is -0.143. The van der Waals surface area contributed by atoms with Gasteiger partial charge in [0.25, 0.3) is 0 Å². The highest BCUT2D eigenvalue weighted by molar-refractivity contribution is 5.81. The Morgan fingerprint density at radius 3 is 2.21 bits per heavy atom. The highest BCUT2D eigenvalue weighted by Crippen LogP contribution is 2.44. The predicted octanol–water partition coefficient (Wildman–Crippen LogP) is 8.94. The molecule has 5 nitrogen and oxygen atoms in total. The molecule has 2 aromatic rings. The maximum absolute atomic E-state index is 13.9. The predicted molar refractivity (Wildman–Crippen MR) is 171 cm³/mol. The van der Waals surface area contributed by atoms with Crippen LogP contribution < -0.4 is 0 Å². The van der Waals surface area contributed by atoms with Crippen molar-refractivity contribution in [1.29, 1.82) is 0 Å². The van der Waals surface area contributed by atoms with Crippen LogP contribution in [0.2, 0.25) is 0 Å². The van der Waals surface area contributed by atoms with E-state index in [4.69, 9.17) is 4.74 Å². The van der Waals surface area contributed by atoms with Crippen LogP contribution >= 0.6 is 0 Å². The average Bonchev–Trinajstić information content (AvgIpc) is 3.37. The number of allylic oxidation sites excluding steroid dienone is 1. The molecule has 48 heavy (non-hydrogen) atoms. The Morgan fingerprint density at radius 2 is 1.58 bits per heavy atom. The monoisotopic (exact) mass is 678 g/mol. The maximum Gasteiger partial charge on any atom is 0.416 e. The summed E-state index contributed by atoms with van der Waals surface area (Å²) in [5, 5.41) is 0. The first-order chi connectivity index (χ1) is 22.4. The third-order valence-corrected chi connectivity index (χ3v) is 9.98. The van der Waals surface area contributed by atoms with Crippen molar-refractivity contribution < 1.29 is 40.7 Å². The molecular formula is C37H44F6N2O3. The summed E-state index contributed by atoms with van der Waals surface area (Å²) in [4.78, 5) is 30.8. The zero-order valence-corrected chi connectivity index (χ0v) is 27.7. The molecule has 0 N–H and O–H groups in total. The maximum atomic E-state index is 13.9. The number of aryl methyl sites for hydroxylation is 1. The van der Waals surface area contributed by atoms with E-state index in [2.05, 4.69) is 35.3 Å². The standard InChI is InChI=1S/C37H44F6N2O3/c1-34(2,3)48-33(47)45-17-6-8-27(24-45)30(13-18-44-19-15-35(16-20-44)14-12-26-7-4-5-9-31(26)35)32(46)11-10-25-21-28(36(38,39)40)23-29(22-25)37(41,42)43/h4-5,7,9,12,14,21-23,27,30H,6,8,10-11,13,15-20,24H2,1-3H3/t27?,30-/m0/s1. The van der Waals surface area contributed by atoms with Gasteiger partial charge in [-0.1, -0.05) is 36.4 Å². The summed E-state index contributed by atoms with van der Waals surface area (Å²) in [5.41, 5.74) is -1.08. The van der Waals surface area contributed by atoms with E-state index in [0.717, 1.165) is 25.9 Å². The third-order valence-electron chi connectivity index (χ3n) is 9.98. The summed E-state index contributed by atoms with van der Waals surface area (Å²) in [6.45, 7) is 8.41. The number of hydrogen-bond acceptors (Lipinski definition) is 4. The van der Waals surface area contributed by atoms with Crippen LogP contribution in [0.25, 0.3) is 6.08 Å². The lowest BCUT2D eigenvalue weighted by Crippen LogP contribution is -2.46. The van der Waals surface area contributed by atoms with Gasteiger partial charge in [0.15, 0.2) is 0 Å². The van der Waals surface area contributed by atoms with Crippen LogP contribution in [0, 0.1) is 11.8 Å². The molecule has 2 aromatic carbocycles. The minimum atomic E-state index is -4.96. The van der Waals surface area contributed by atoms with Gasteiger partial charge in [-0.2, -0.15) is 26.3 Å². The molecule has 0 aromatic heterocycles. The van der Waals surface area contributed by atoms with Gasteiger partial charge >= 0.3 is 18.4 Å². The summed E-state index contributed by atoms with van der Waals surface area (Å²) >= 11 is 0. The van der Waals surface area contributed by atoms with Crippen LogP contribution in [0.15, 0.2) is 48.5 Å². The van der Waals surface area contributed by atoms with Crippen molar-refractivity contribution in [3.63, 3.8) is 0 Å². The number of ketones is 1. The van der Waals surface area contributed by atoms with Gasteiger partial charge in [-0.3, -0.25) is 4.79 Å². The molecule has 262 valence electrons. The molecule has 2 saturated heterocycles. The van der Waals surface area contributed by atoms with Crippen LogP contribution in [-0.4, -0.2) is 60.0 Å². The lowest BCUT2D eigenvalue weighted by Gasteiger charge is -2.41. The van der Waals surface area contributed by atoms with Crippen LogP contribution in [0.4, 0.5) is 31.1 Å². The van der Waals surface area contributed by atoms with E-state index in [1.165, 1.54) is 11.1 Å². The molecule has 5 rings (SSSR count). The molecule has 0 radical (unpaired) electrons. The number of ether oxygens (including phenoxy) is 1. The molecule has 2 aliphatic heterocycles. The van der Waals surface area contributed by atoms with Crippen molar-refractivity contribution in [1.82, 2.24) is 9.80 Å². The first kappa shape index (κ1) is 36.0. The quantitative estimate of drug-likeness (QED) is 0.262. The van der Waals surface area contributed by atoms with Crippen LogP contribution in [0.1, 0.15) is 87.1 Å². The van der Waals surface area contributed by atoms with Gasteiger partial charge in [-0.05, 0) is 120 Å². The van der Waals surface area contributed by atoms with E-state index < -0.39 is 41.1 Å². The number of carbonyl (C=O) groups excluding carboxylic acids is 2. The SMILES string of the molecule is CC(C)(C)OC(=O)N1CCCC([C@H](CCN2CCC3(C=Cc4ccccc43)CC2)C(=O)CCc2cc(C(F)(F)F)cc(C(F)(F)F)c2)C1. The van der Waals surface area contributed by atoms with Crippen LogP contribution in [-0.2, 0) is 33.7 Å². The summed E-state index contributed by atoms with van der Waals surface area (Å²) < 4.78 is 86.4. The lowest BCUT2D eigenvalue weighted by atomic mass is 9.74. The first-order valence-corrected chi connectivity index (χ1v) is 16.7. The fraction of sp³-hybridized carbons (Fsp3) is 0.568. The van der Waals surface area contributed by atoms with E-state index in [1.807, 2.05) is 6.07 Å². The van der Waals surface area contributed by atoms with Crippen LogP contribution in [0.3, 0.4) is 0 Å². The molecule has 1 aliphatic carbocycles. The summed E-state index contributed by atoms with van der Waals surface area (Å²) in [5.74, 6) is -0.920. The zero-order chi connectivity index (χ0) is 34.9. The third kappa shape index (κ3) is 8.62. The van der Waals surface area contributed by atoms with Gasteiger partial charge < -0.3 is 14.5 Å². The summed E-state index contributed by atoms with van der Waals surface area (Å²) in [6, 6.07) is 9.89. The van der Waals surface area contributed by atoms with Crippen molar-refractivity contribution in [3.05, 3.63) is 76.4 Å². The second kappa shape index (κ2) is 13.9. The number of benzene rings is 2. The topological polar surface area (TPSA) is 49.9 Å². The molecule has 1 unspecified atom stereocenters. The second-order valence-electron chi connectivity index (χ2n) is 14.5. The second-order valence-corrected chi connectivity index (χ2v) is 14.5. The molecule has 1 spiro atoms. The molecule has 0 saturated carbocycles. The number of fused-ring (bicyclic) bond motifs is 2. The fourth-order valence-electron chi connectivity index (χ4n) is 7.48. The van der Waals surface area contributed by atoms with E-state index in [0.29, 0.717) is 51.0 Å². The number of likely N-dealkylation sites (tertiary alicyclic amines) is 2. The Hall–Kier alpha value is -3.34. The number of nitrogens with zero attached hydrogens (tertiary/aromatic N) is 2. The minimum Gasteiger partial charge on any atom is -0.444 e. The average molecular weight is 679 g/mol. The van der Waals surface area contributed by atoms with E-state index in [1.54, 1.807) is 25.7 Å². The number of rotatable bonds is 8. The zero-order valence-electron chi connectivity index (χ0n) is 27.7. The van der Waals surface area contributed by atoms with Gasteiger partial charge in [-0.15, -0.1) is 0 Å². The number of halogens is 6. The number of piperidine rings is 2. The first-order valence-electron chi connectivity index (χ1n) is 16.7. The number of Topliss-reactive ketones (excluding diaryl/α,β-unsaturated/α-hetero) is 1. The molecule has 1 amide bonds. The van der Waals surface area contributed by atoms with Crippen molar-refractivity contribution in [2.45, 2.75) is 89.1 Å². The number of alkyl halides is 6.